The average Bonchev–Trinajstić information content (AvgIpc) is 2.92. The maximum absolute atomic E-state index is 11.1. The molecule has 2 rings (SSSR count). The highest BCUT2D eigenvalue weighted by atomic mass is 16.6. The Bertz CT molecular complexity index is 699. The summed E-state index contributed by atoms with van der Waals surface area (Å²) in [4.78, 5) is 21.3. The summed E-state index contributed by atoms with van der Waals surface area (Å²) in [5, 5.41) is 40.3. The molecule has 0 spiro atoms. The molecule has 0 bridgehead atoms. The third kappa shape index (κ3) is 3.38. The summed E-state index contributed by atoms with van der Waals surface area (Å²) in [6, 6.07) is 2.71. The number of nitrogens with one attached hydrogen (secondary N) is 2. The monoisotopic (exact) mass is 308 g/mol. The van der Waals surface area contributed by atoms with Crippen LogP contribution in [0.5, 0.6) is 0 Å². The van der Waals surface area contributed by atoms with E-state index in [1.165, 1.54) is 25.3 Å². The lowest BCUT2D eigenvalue weighted by atomic mass is 10.00. The number of nitro benzene ring substituents is 1. The van der Waals surface area contributed by atoms with Gasteiger partial charge in [0.1, 0.15) is 6.10 Å². The van der Waals surface area contributed by atoms with Crippen LogP contribution in [0.1, 0.15) is 25.0 Å². The molecule has 22 heavy (non-hydrogen) atoms. The molecule has 1 heterocycles. The van der Waals surface area contributed by atoms with Crippen LogP contribution >= 0.6 is 0 Å². The van der Waals surface area contributed by atoms with Crippen molar-refractivity contribution in [2.75, 3.05) is 6.54 Å². The number of rotatable bonds is 6. The van der Waals surface area contributed by atoms with E-state index in [0.29, 0.717) is 10.9 Å². The van der Waals surface area contributed by atoms with Gasteiger partial charge in [0.2, 0.25) is 5.91 Å². The highest BCUT2D eigenvalue weighted by Crippen LogP contribution is 2.30. The van der Waals surface area contributed by atoms with Crippen LogP contribution in [0.2, 0.25) is 0 Å². The second-order valence-corrected chi connectivity index (χ2v) is 4.91. The van der Waals surface area contributed by atoms with Crippen LogP contribution in [0.15, 0.2) is 18.3 Å². The number of nitrogens with zero attached hydrogens (tertiary/aromatic N) is 2. The second-order valence-electron chi connectivity index (χ2n) is 4.91. The third-order valence-electron chi connectivity index (χ3n) is 3.28. The first kappa shape index (κ1) is 15.9. The van der Waals surface area contributed by atoms with Crippen LogP contribution in [0.25, 0.3) is 10.9 Å². The van der Waals surface area contributed by atoms with Crippen LogP contribution in [0, 0.1) is 10.1 Å². The zero-order valence-corrected chi connectivity index (χ0v) is 11.8. The lowest BCUT2D eigenvalue weighted by molar-refractivity contribution is -0.383. The topological polar surface area (TPSA) is 141 Å². The Morgan fingerprint density at radius 1 is 1.50 bits per heavy atom. The highest BCUT2D eigenvalue weighted by molar-refractivity contribution is 5.88. The molecule has 1 aromatic heterocycles. The van der Waals surface area contributed by atoms with Crippen molar-refractivity contribution in [1.82, 2.24) is 15.5 Å². The lowest BCUT2D eigenvalue weighted by Crippen LogP contribution is -2.27. The predicted molar refractivity (Wildman–Crippen MR) is 77.0 cm³/mol. The summed E-state index contributed by atoms with van der Waals surface area (Å²) < 4.78 is 0. The number of aliphatic hydroxyl groups is 2. The summed E-state index contributed by atoms with van der Waals surface area (Å²) in [6.07, 6.45) is -1.01. The number of H-pyrrole nitrogens is 1. The van der Waals surface area contributed by atoms with Crippen LogP contribution in [-0.2, 0) is 4.79 Å². The largest absolute Gasteiger partial charge is 0.390 e. The van der Waals surface area contributed by atoms with E-state index in [2.05, 4.69) is 15.5 Å². The smallest absolute Gasteiger partial charge is 0.280 e. The summed E-state index contributed by atoms with van der Waals surface area (Å²) >= 11 is 0. The molecule has 0 aliphatic rings. The Hall–Kier alpha value is -2.52. The Morgan fingerprint density at radius 3 is 2.86 bits per heavy atom. The van der Waals surface area contributed by atoms with Crippen LogP contribution < -0.4 is 5.32 Å². The van der Waals surface area contributed by atoms with Gasteiger partial charge in [-0.25, -0.2) is 0 Å². The number of nitro groups is 1. The summed E-state index contributed by atoms with van der Waals surface area (Å²) in [6.45, 7) is 1.54. The van der Waals surface area contributed by atoms with E-state index in [-0.39, 0.29) is 30.1 Å². The fourth-order valence-electron chi connectivity index (χ4n) is 2.15. The van der Waals surface area contributed by atoms with Gasteiger partial charge in [-0.3, -0.25) is 20.0 Å². The molecule has 0 aliphatic heterocycles. The number of non-ortho nitro benzene ring substituents is 1. The number of aromatic amines is 1. The Balaban J connectivity index is 2.21. The van der Waals surface area contributed by atoms with Gasteiger partial charge in [-0.15, -0.1) is 0 Å². The summed E-state index contributed by atoms with van der Waals surface area (Å²) in [5.41, 5.74) is 0.408. The minimum atomic E-state index is -1.31. The first-order valence-corrected chi connectivity index (χ1v) is 6.62. The molecule has 118 valence electrons. The highest BCUT2D eigenvalue weighted by Gasteiger charge is 2.23. The zero-order chi connectivity index (χ0) is 16.3. The first-order chi connectivity index (χ1) is 10.4. The van der Waals surface area contributed by atoms with E-state index < -0.39 is 17.1 Å². The molecule has 1 amide bonds. The zero-order valence-electron chi connectivity index (χ0n) is 11.8. The number of hydrogen-bond acceptors (Lipinski definition) is 6. The van der Waals surface area contributed by atoms with Gasteiger partial charge in [0, 0.05) is 19.5 Å². The van der Waals surface area contributed by atoms with Crippen LogP contribution in [0.4, 0.5) is 5.69 Å². The van der Waals surface area contributed by atoms with E-state index in [1.54, 1.807) is 0 Å². The molecular weight excluding hydrogens is 292 g/mol. The number of fused-ring (bicyclic) bond motifs is 1. The molecule has 4 N–H and O–H groups in total. The molecule has 0 saturated carbocycles. The molecule has 2 unspecified atom stereocenters. The van der Waals surface area contributed by atoms with Crippen molar-refractivity contribution in [3.8, 4) is 0 Å². The number of benzene rings is 1. The van der Waals surface area contributed by atoms with Crippen molar-refractivity contribution >= 4 is 22.5 Å². The maximum Gasteiger partial charge on any atom is 0.280 e. The molecule has 2 atom stereocenters. The number of carbonyl (C=O) groups excluding carboxylic acids is 1. The second kappa shape index (κ2) is 6.50. The van der Waals surface area contributed by atoms with Gasteiger partial charge in [0.05, 0.1) is 28.1 Å². The molecule has 2 aromatic rings. The van der Waals surface area contributed by atoms with Gasteiger partial charge in [0.25, 0.3) is 5.69 Å². The molecular formula is C13H16N4O5. The van der Waals surface area contributed by atoms with Crippen molar-refractivity contribution in [2.45, 2.75) is 25.6 Å². The lowest BCUT2D eigenvalue weighted by Gasteiger charge is -2.18. The molecule has 1 aromatic carbocycles. The van der Waals surface area contributed by atoms with Crippen molar-refractivity contribution < 1.29 is 19.9 Å². The first-order valence-electron chi connectivity index (χ1n) is 6.62. The molecule has 0 fully saturated rings. The van der Waals surface area contributed by atoms with Gasteiger partial charge in [0.15, 0.2) is 0 Å². The fraction of sp³-hybridized carbons (Fsp3) is 0.385. The average molecular weight is 308 g/mol. The normalized spacial score (nSPS) is 13.8. The van der Waals surface area contributed by atoms with E-state index in [9.17, 15) is 25.1 Å². The maximum atomic E-state index is 11.1. The van der Waals surface area contributed by atoms with E-state index >= 15 is 0 Å². The molecule has 9 heteroatoms. The Morgan fingerprint density at radius 2 is 2.23 bits per heavy atom. The number of aliphatic hydroxyl groups excluding tert-OH is 2. The molecule has 0 radical (unpaired) electrons. The van der Waals surface area contributed by atoms with Gasteiger partial charge < -0.3 is 15.5 Å². The third-order valence-corrected chi connectivity index (χ3v) is 3.28. The quantitative estimate of drug-likeness (QED) is 0.449. The van der Waals surface area contributed by atoms with Crippen molar-refractivity contribution in [3.63, 3.8) is 0 Å². The number of carbonyl (C=O) groups is 1. The van der Waals surface area contributed by atoms with Gasteiger partial charge >= 0.3 is 0 Å². The van der Waals surface area contributed by atoms with Gasteiger partial charge in [-0.2, -0.15) is 5.10 Å². The Kier molecular flexibility index (Phi) is 4.68. The molecule has 9 nitrogen and oxygen atoms in total. The predicted octanol–water partition coefficient (Wildman–Crippen LogP) is 0.392. The van der Waals surface area contributed by atoms with E-state index in [1.807, 2.05) is 0 Å². The standard InChI is InChI=1S/C13H16N4O5/c1-7(18)14-3-2-12(19)13(20)8-4-10-9(6-15-16-10)11(5-8)17(21)22/h4-6,12-13,19-20H,2-3H2,1H3,(H,14,18)(H,15,16). The van der Waals surface area contributed by atoms with Crippen LogP contribution in [-0.4, -0.2) is 43.9 Å². The fourth-order valence-corrected chi connectivity index (χ4v) is 2.15. The van der Waals surface area contributed by atoms with Crippen molar-refractivity contribution in [3.05, 3.63) is 34.0 Å². The van der Waals surface area contributed by atoms with E-state index in [0.717, 1.165) is 0 Å². The number of hydrogen-bond donors (Lipinski definition) is 4. The molecule has 0 saturated heterocycles. The molecule has 0 aliphatic carbocycles. The minimum absolute atomic E-state index is 0.121. The number of amides is 1. The number of aromatic nitrogens is 2. The minimum Gasteiger partial charge on any atom is -0.390 e. The van der Waals surface area contributed by atoms with Gasteiger partial charge in [-0.05, 0) is 18.1 Å². The van der Waals surface area contributed by atoms with Crippen molar-refractivity contribution in [2.24, 2.45) is 0 Å². The van der Waals surface area contributed by atoms with Gasteiger partial charge in [-0.1, -0.05) is 0 Å². The van der Waals surface area contributed by atoms with Crippen LogP contribution in [0.3, 0.4) is 0 Å². The summed E-state index contributed by atoms with van der Waals surface area (Å²) in [7, 11) is 0. The van der Waals surface area contributed by atoms with Crippen molar-refractivity contribution in [1.29, 1.82) is 0 Å². The SMILES string of the molecule is CC(=O)NCCC(O)C(O)c1cc([N+](=O)[O-])c2cn[nH]c2c1. The Labute approximate surface area is 125 Å². The van der Waals surface area contributed by atoms with E-state index in [4.69, 9.17) is 0 Å². The summed E-state index contributed by atoms with van der Waals surface area (Å²) in [5.74, 6) is -0.240.